The lowest BCUT2D eigenvalue weighted by molar-refractivity contribution is -0.116. The van der Waals surface area contributed by atoms with Gasteiger partial charge in [0.05, 0.1) is 12.8 Å². The van der Waals surface area contributed by atoms with E-state index in [0.717, 1.165) is 0 Å². The molecule has 0 aromatic heterocycles. The fourth-order valence-corrected chi connectivity index (χ4v) is 1.46. The molecule has 0 unspecified atom stereocenters. The largest absolute Gasteiger partial charge is 0.453 e. The summed E-state index contributed by atoms with van der Waals surface area (Å²) < 4.78 is 17.9. The molecule has 6 heteroatoms. The number of methoxy groups -OCH3 is 1. The molecule has 0 aliphatic carbocycles. The highest BCUT2D eigenvalue weighted by Crippen LogP contribution is 2.18. The van der Waals surface area contributed by atoms with Crippen LogP contribution in [0, 0.1) is 5.82 Å². The van der Waals surface area contributed by atoms with E-state index < -0.39 is 11.9 Å². The second-order valence-corrected chi connectivity index (χ2v) is 3.54. The molecule has 5 nitrogen and oxygen atoms in total. The van der Waals surface area contributed by atoms with Crippen molar-refractivity contribution in [2.24, 2.45) is 0 Å². The molecule has 0 aliphatic rings. The van der Waals surface area contributed by atoms with Crippen LogP contribution < -0.4 is 10.2 Å². The average molecular weight is 254 g/mol. The SMILES string of the molecule is COC(=O)NCCN(C(C)=O)c1ccccc1F. The van der Waals surface area contributed by atoms with E-state index in [-0.39, 0.29) is 24.7 Å². The summed E-state index contributed by atoms with van der Waals surface area (Å²) >= 11 is 0. The second kappa shape index (κ2) is 6.58. The molecular weight excluding hydrogens is 239 g/mol. The van der Waals surface area contributed by atoms with E-state index in [1.807, 2.05) is 0 Å². The van der Waals surface area contributed by atoms with Crippen LogP contribution in [0.3, 0.4) is 0 Å². The Morgan fingerprint density at radius 1 is 1.39 bits per heavy atom. The van der Waals surface area contributed by atoms with E-state index in [9.17, 15) is 14.0 Å². The lowest BCUT2D eigenvalue weighted by atomic mass is 10.2. The summed E-state index contributed by atoms with van der Waals surface area (Å²) in [4.78, 5) is 23.6. The molecular formula is C12H15FN2O3. The van der Waals surface area contributed by atoms with E-state index in [4.69, 9.17) is 0 Å². The number of halogens is 1. The summed E-state index contributed by atoms with van der Waals surface area (Å²) in [6, 6.07) is 5.97. The monoisotopic (exact) mass is 254 g/mol. The zero-order valence-electron chi connectivity index (χ0n) is 10.3. The molecule has 0 spiro atoms. The Kier molecular flexibility index (Phi) is 5.10. The number of carbonyl (C=O) groups excluding carboxylic acids is 2. The maximum Gasteiger partial charge on any atom is 0.406 e. The van der Waals surface area contributed by atoms with Gasteiger partial charge in [-0.05, 0) is 12.1 Å². The number of benzene rings is 1. The standard InChI is InChI=1S/C12H15FN2O3/c1-9(16)15(8-7-14-12(17)18-2)11-6-4-3-5-10(11)13/h3-6H,7-8H2,1-2H3,(H,14,17). The summed E-state index contributed by atoms with van der Waals surface area (Å²) in [6.07, 6.45) is -0.591. The van der Waals surface area contributed by atoms with Crippen LogP contribution in [0.2, 0.25) is 0 Å². The van der Waals surface area contributed by atoms with Gasteiger partial charge in [0.1, 0.15) is 5.82 Å². The third-order valence-corrected chi connectivity index (χ3v) is 2.31. The van der Waals surface area contributed by atoms with Gasteiger partial charge >= 0.3 is 6.09 Å². The Labute approximate surface area is 105 Å². The molecule has 0 atom stereocenters. The minimum Gasteiger partial charge on any atom is -0.453 e. The number of nitrogens with zero attached hydrogens (tertiary/aromatic N) is 1. The summed E-state index contributed by atoms with van der Waals surface area (Å²) in [7, 11) is 1.24. The van der Waals surface area contributed by atoms with Gasteiger partial charge in [0.15, 0.2) is 0 Å². The van der Waals surface area contributed by atoms with E-state index in [2.05, 4.69) is 10.1 Å². The molecule has 0 fully saturated rings. The number of amides is 2. The lowest BCUT2D eigenvalue weighted by Crippen LogP contribution is -2.37. The van der Waals surface area contributed by atoms with Crippen molar-refractivity contribution in [2.45, 2.75) is 6.92 Å². The van der Waals surface area contributed by atoms with Gasteiger partial charge < -0.3 is 15.0 Å². The molecule has 18 heavy (non-hydrogen) atoms. The van der Waals surface area contributed by atoms with Crippen molar-refractivity contribution in [3.05, 3.63) is 30.1 Å². The van der Waals surface area contributed by atoms with Crippen molar-refractivity contribution in [1.29, 1.82) is 0 Å². The van der Waals surface area contributed by atoms with Crippen molar-refractivity contribution in [1.82, 2.24) is 5.32 Å². The third-order valence-electron chi connectivity index (χ3n) is 2.31. The van der Waals surface area contributed by atoms with Crippen molar-refractivity contribution in [3.8, 4) is 0 Å². The Hall–Kier alpha value is -2.11. The van der Waals surface area contributed by atoms with Crippen LogP contribution in [0.15, 0.2) is 24.3 Å². The molecule has 0 saturated heterocycles. The zero-order chi connectivity index (χ0) is 13.5. The molecule has 0 radical (unpaired) electrons. The molecule has 98 valence electrons. The molecule has 1 aromatic rings. The number of ether oxygens (including phenoxy) is 1. The van der Waals surface area contributed by atoms with Gasteiger partial charge in [0.2, 0.25) is 5.91 Å². The number of hydrogen-bond donors (Lipinski definition) is 1. The minimum absolute atomic E-state index is 0.172. The van der Waals surface area contributed by atoms with Gasteiger partial charge in [-0.25, -0.2) is 9.18 Å². The number of hydrogen-bond acceptors (Lipinski definition) is 3. The van der Waals surface area contributed by atoms with Gasteiger partial charge in [-0.15, -0.1) is 0 Å². The molecule has 0 bridgehead atoms. The fraction of sp³-hybridized carbons (Fsp3) is 0.333. The first kappa shape index (κ1) is 14.0. The van der Waals surface area contributed by atoms with Crippen LogP contribution in [0.1, 0.15) is 6.92 Å². The van der Waals surface area contributed by atoms with Gasteiger partial charge in [-0.3, -0.25) is 4.79 Å². The van der Waals surface area contributed by atoms with Crippen LogP contribution in [0.25, 0.3) is 0 Å². The average Bonchev–Trinajstić information content (AvgIpc) is 2.35. The molecule has 2 amide bonds. The van der Waals surface area contributed by atoms with Crippen LogP contribution in [0.4, 0.5) is 14.9 Å². The van der Waals surface area contributed by atoms with Crippen LogP contribution in [-0.4, -0.2) is 32.2 Å². The van der Waals surface area contributed by atoms with Crippen molar-refractivity contribution in [3.63, 3.8) is 0 Å². The Morgan fingerprint density at radius 2 is 2.06 bits per heavy atom. The highest BCUT2D eigenvalue weighted by atomic mass is 19.1. The maximum absolute atomic E-state index is 13.5. The first-order valence-electron chi connectivity index (χ1n) is 5.40. The van der Waals surface area contributed by atoms with Gasteiger partial charge in [-0.2, -0.15) is 0 Å². The van der Waals surface area contributed by atoms with E-state index in [0.29, 0.717) is 0 Å². The summed E-state index contributed by atoms with van der Waals surface area (Å²) in [6.45, 7) is 1.69. The fourth-order valence-electron chi connectivity index (χ4n) is 1.46. The van der Waals surface area contributed by atoms with E-state index >= 15 is 0 Å². The molecule has 1 aromatic carbocycles. The van der Waals surface area contributed by atoms with Crippen molar-refractivity contribution < 1.29 is 18.7 Å². The van der Waals surface area contributed by atoms with E-state index in [1.165, 1.54) is 31.1 Å². The molecule has 0 heterocycles. The molecule has 1 N–H and O–H groups in total. The highest BCUT2D eigenvalue weighted by Gasteiger charge is 2.15. The van der Waals surface area contributed by atoms with Gasteiger partial charge in [-0.1, -0.05) is 12.1 Å². The molecule has 1 rings (SSSR count). The molecule has 0 saturated carbocycles. The summed E-state index contributed by atoms with van der Waals surface area (Å²) in [5, 5.41) is 2.43. The van der Waals surface area contributed by atoms with Crippen LogP contribution in [0.5, 0.6) is 0 Å². The Morgan fingerprint density at radius 3 is 2.61 bits per heavy atom. The zero-order valence-corrected chi connectivity index (χ0v) is 10.3. The topological polar surface area (TPSA) is 58.6 Å². The number of nitrogens with one attached hydrogen (secondary N) is 1. The Balaban J connectivity index is 2.70. The third kappa shape index (κ3) is 3.73. The smallest absolute Gasteiger partial charge is 0.406 e. The predicted octanol–water partition coefficient (Wildman–Crippen LogP) is 1.53. The van der Waals surface area contributed by atoms with Crippen molar-refractivity contribution in [2.75, 3.05) is 25.1 Å². The number of carbonyl (C=O) groups is 2. The minimum atomic E-state index is -0.591. The first-order valence-corrected chi connectivity index (χ1v) is 5.40. The lowest BCUT2D eigenvalue weighted by Gasteiger charge is -2.21. The summed E-state index contributed by atoms with van der Waals surface area (Å²) in [5.74, 6) is -0.780. The highest BCUT2D eigenvalue weighted by molar-refractivity contribution is 5.91. The van der Waals surface area contributed by atoms with Crippen molar-refractivity contribution >= 4 is 17.7 Å². The second-order valence-electron chi connectivity index (χ2n) is 3.54. The number of anilines is 1. The number of para-hydroxylation sites is 1. The van der Waals surface area contributed by atoms with E-state index in [1.54, 1.807) is 12.1 Å². The summed E-state index contributed by atoms with van der Waals surface area (Å²) in [5.41, 5.74) is 0.191. The van der Waals surface area contributed by atoms with Crippen LogP contribution >= 0.6 is 0 Å². The number of alkyl carbamates (subject to hydrolysis) is 1. The Bertz CT molecular complexity index is 437. The predicted molar refractivity (Wildman–Crippen MR) is 64.8 cm³/mol. The molecule has 0 aliphatic heterocycles. The van der Waals surface area contributed by atoms with Gasteiger partial charge in [0.25, 0.3) is 0 Å². The maximum atomic E-state index is 13.5. The van der Waals surface area contributed by atoms with Gasteiger partial charge in [0, 0.05) is 20.0 Å². The quantitative estimate of drug-likeness (QED) is 0.886. The van der Waals surface area contributed by atoms with Crippen LogP contribution in [-0.2, 0) is 9.53 Å². The number of rotatable bonds is 4. The normalized spacial score (nSPS) is 9.72. The first-order chi connectivity index (χ1) is 8.56.